The molecule has 2 aromatic rings. The van der Waals surface area contributed by atoms with E-state index in [2.05, 4.69) is 0 Å². The van der Waals surface area contributed by atoms with Gasteiger partial charge in [0.1, 0.15) is 24.0 Å². The van der Waals surface area contributed by atoms with Gasteiger partial charge < -0.3 is 14.4 Å². The average Bonchev–Trinajstić information content (AvgIpc) is 3.38. The van der Waals surface area contributed by atoms with Gasteiger partial charge in [0.15, 0.2) is 5.78 Å². The Morgan fingerprint density at radius 2 is 1.70 bits per heavy atom. The molecular weight excluding hydrogens is 444 g/mol. The van der Waals surface area contributed by atoms with Crippen molar-refractivity contribution in [2.45, 2.75) is 36.9 Å². The van der Waals surface area contributed by atoms with Crippen LogP contribution in [0.3, 0.4) is 0 Å². The smallest absolute Gasteiger partial charge is 0.435 e. The molecule has 0 bridgehead atoms. The number of para-hydroxylation sites is 1. The number of hydrogen-bond acceptors (Lipinski definition) is 6. The van der Waals surface area contributed by atoms with E-state index in [1.807, 2.05) is 36.4 Å². The number of carbonyl (C=O) groups excluding carboxylic acids is 3. The number of ether oxygens (including phenoxy) is 2. The van der Waals surface area contributed by atoms with Crippen molar-refractivity contribution in [1.29, 1.82) is 0 Å². The number of ketones is 1. The Hall–Kier alpha value is -3.04. The third kappa shape index (κ3) is 4.43. The highest BCUT2D eigenvalue weighted by Crippen LogP contribution is 2.38. The molecule has 2 amide bonds. The van der Waals surface area contributed by atoms with Gasteiger partial charge in [0.25, 0.3) is 5.91 Å². The van der Waals surface area contributed by atoms with Crippen molar-refractivity contribution >= 4 is 31.3 Å². The molecule has 0 spiro atoms. The second kappa shape index (κ2) is 9.44. The summed E-state index contributed by atoms with van der Waals surface area (Å²) in [4.78, 5) is 45.6. The van der Waals surface area contributed by atoms with Crippen molar-refractivity contribution in [3.63, 3.8) is 0 Å². The molecule has 2 atom stereocenters. The maximum Gasteiger partial charge on any atom is 0.435 e. The van der Waals surface area contributed by atoms with Crippen LogP contribution in [0.1, 0.15) is 29.6 Å². The Bertz CT molecular complexity index is 1010. The monoisotopic (exact) mass is 470 g/mol. The summed E-state index contributed by atoms with van der Waals surface area (Å²) >= 11 is 0. The number of hydroxylamine groups is 2. The molecule has 0 aromatic heterocycles. The van der Waals surface area contributed by atoms with Crippen LogP contribution in [0.25, 0.3) is 0 Å². The topological polar surface area (TPSA) is 85.4 Å². The van der Waals surface area contributed by atoms with Crippen molar-refractivity contribution in [2.75, 3.05) is 19.8 Å². The number of Topliss-reactive ketones (excluding diaryl/α,β-unsaturated/α-hetero) is 1. The molecular formula is C24H26N2O6S. The third-order valence-corrected chi connectivity index (χ3v) is 6.33. The Morgan fingerprint density at radius 1 is 1.03 bits per heavy atom. The van der Waals surface area contributed by atoms with Crippen molar-refractivity contribution in [2.24, 2.45) is 0 Å². The summed E-state index contributed by atoms with van der Waals surface area (Å²) in [6.07, 6.45) is 1.58. The zero-order chi connectivity index (χ0) is 22.1. The van der Waals surface area contributed by atoms with E-state index in [4.69, 9.17) is 14.3 Å². The molecule has 33 heavy (non-hydrogen) atoms. The van der Waals surface area contributed by atoms with E-state index in [0.29, 0.717) is 24.2 Å². The second-order valence-electron chi connectivity index (χ2n) is 8.41. The maximum absolute atomic E-state index is 13.0. The molecule has 2 aliphatic heterocycles. The van der Waals surface area contributed by atoms with Crippen LogP contribution in [-0.2, 0) is 14.4 Å². The van der Waals surface area contributed by atoms with Crippen LogP contribution in [0.15, 0.2) is 60.7 Å². The van der Waals surface area contributed by atoms with E-state index in [-0.39, 0.29) is 44.9 Å². The molecule has 5 rings (SSSR count). The van der Waals surface area contributed by atoms with Gasteiger partial charge in [0.2, 0.25) is 0 Å². The fraction of sp³-hybridized carbons (Fsp3) is 0.375. The van der Waals surface area contributed by atoms with Crippen LogP contribution in [-0.4, -0.2) is 65.2 Å². The molecule has 0 unspecified atom stereocenters. The largest absolute Gasteiger partial charge is 0.489 e. The van der Waals surface area contributed by atoms with E-state index < -0.39 is 23.8 Å². The number of amides is 2. The molecule has 174 valence electrons. The van der Waals surface area contributed by atoms with Gasteiger partial charge >= 0.3 is 6.09 Å². The molecule has 8 nitrogen and oxygen atoms in total. The summed E-state index contributed by atoms with van der Waals surface area (Å²) in [5, 5.41) is 1.01. The number of fused-ring (bicyclic) bond motifs is 1. The second-order valence-corrected chi connectivity index (χ2v) is 8.41. The summed E-state index contributed by atoms with van der Waals surface area (Å²) in [5.41, 5.74) is -0.247. The number of rotatable bonds is 5. The zero-order valence-corrected chi connectivity index (χ0v) is 19.0. The number of carbonyl (C=O) groups is 3. The zero-order valence-electron chi connectivity index (χ0n) is 18.0. The van der Waals surface area contributed by atoms with E-state index in [1.54, 1.807) is 24.3 Å². The van der Waals surface area contributed by atoms with Crippen LogP contribution in [0, 0.1) is 0 Å². The highest BCUT2D eigenvalue weighted by Gasteiger charge is 2.55. The van der Waals surface area contributed by atoms with Gasteiger partial charge in [-0.25, -0.2) is 4.79 Å². The summed E-state index contributed by atoms with van der Waals surface area (Å²) < 4.78 is 11.6. The molecule has 0 N–H and O–H groups in total. The van der Waals surface area contributed by atoms with Gasteiger partial charge in [0.05, 0.1) is 19.2 Å². The predicted octanol–water partition coefficient (Wildman–Crippen LogP) is 2.95. The molecule has 9 heteroatoms. The highest BCUT2D eigenvalue weighted by atomic mass is 32.1. The van der Waals surface area contributed by atoms with Crippen molar-refractivity contribution in [3.05, 3.63) is 66.2 Å². The third-order valence-electron chi connectivity index (χ3n) is 6.33. The van der Waals surface area contributed by atoms with Gasteiger partial charge in [-0.15, -0.1) is 0 Å². The SMILES string of the molecule is O=C1CN(C(=O)c2ccccc2)[C@@H]2CON(C(=O)OC3(COc4ccccc4)CCC3)[C@H]12.S. The Kier molecular flexibility index (Phi) is 6.62. The van der Waals surface area contributed by atoms with Crippen molar-refractivity contribution in [3.8, 4) is 5.75 Å². The lowest BCUT2D eigenvalue weighted by atomic mass is 9.80. The minimum absolute atomic E-state index is 0. The minimum Gasteiger partial charge on any atom is -0.489 e. The fourth-order valence-corrected chi connectivity index (χ4v) is 4.41. The molecule has 1 saturated carbocycles. The summed E-state index contributed by atoms with van der Waals surface area (Å²) in [7, 11) is 0. The Balaban J connectivity index is 0.00000259. The van der Waals surface area contributed by atoms with E-state index in [0.717, 1.165) is 11.5 Å². The molecule has 2 aromatic carbocycles. The lowest BCUT2D eigenvalue weighted by Gasteiger charge is -2.41. The van der Waals surface area contributed by atoms with Crippen LogP contribution in [0.2, 0.25) is 0 Å². The number of nitrogens with zero attached hydrogens (tertiary/aromatic N) is 2. The van der Waals surface area contributed by atoms with Gasteiger partial charge in [-0.3, -0.25) is 14.4 Å². The first-order chi connectivity index (χ1) is 15.6. The van der Waals surface area contributed by atoms with Gasteiger partial charge in [-0.05, 0) is 43.5 Å². The lowest BCUT2D eigenvalue weighted by molar-refractivity contribution is -0.159. The van der Waals surface area contributed by atoms with Crippen LogP contribution < -0.4 is 4.74 Å². The van der Waals surface area contributed by atoms with E-state index in [9.17, 15) is 14.4 Å². The van der Waals surface area contributed by atoms with Gasteiger partial charge in [-0.2, -0.15) is 18.6 Å². The summed E-state index contributed by atoms with van der Waals surface area (Å²) in [6.45, 7) is 0.243. The molecule has 2 heterocycles. The first-order valence-corrected chi connectivity index (χ1v) is 10.8. The Labute approximate surface area is 198 Å². The molecule has 1 aliphatic carbocycles. The van der Waals surface area contributed by atoms with Crippen molar-refractivity contribution < 1.29 is 28.7 Å². The van der Waals surface area contributed by atoms with Crippen molar-refractivity contribution in [1.82, 2.24) is 9.96 Å². The maximum atomic E-state index is 13.0. The standard InChI is InChI=1S/C24H24N2O6.H2S/c27-20-14-25(22(28)17-8-3-1-4-9-17)19-15-31-26(21(19)20)23(29)32-24(12-7-13-24)16-30-18-10-5-2-6-11-18;/h1-6,8-11,19,21H,7,12-16H2;1H2/t19-,21+;/m1./s1. The van der Waals surface area contributed by atoms with Crippen LogP contribution in [0.5, 0.6) is 5.75 Å². The van der Waals surface area contributed by atoms with E-state index >= 15 is 0 Å². The molecule has 0 radical (unpaired) electrons. The fourth-order valence-electron chi connectivity index (χ4n) is 4.41. The first-order valence-electron chi connectivity index (χ1n) is 10.8. The summed E-state index contributed by atoms with van der Waals surface area (Å²) in [5.74, 6) is 0.210. The Morgan fingerprint density at radius 3 is 2.33 bits per heavy atom. The quantitative estimate of drug-likeness (QED) is 0.668. The highest BCUT2D eigenvalue weighted by molar-refractivity contribution is 7.59. The van der Waals surface area contributed by atoms with Gasteiger partial charge in [0, 0.05) is 5.56 Å². The van der Waals surface area contributed by atoms with Gasteiger partial charge in [-0.1, -0.05) is 36.4 Å². The van der Waals surface area contributed by atoms with Crippen LogP contribution in [0.4, 0.5) is 4.79 Å². The van der Waals surface area contributed by atoms with E-state index in [1.165, 1.54) is 4.90 Å². The molecule has 2 saturated heterocycles. The number of hydrogen-bond donors (Lipinski definition) is 0. The molecule has 3 fully saturated rings. The average molecular weight is 471 g/mol. The normalized spacial score (nSPS) is 22.7. The number of benzene rings is 2. The first kappa shape index (κ1) is 23.1. The lowest BCUT2D eigenvalue weighted by Crippen LogP contribution is -2.51. The van der Waals surface area contributed by atoms with Crippen LogP contribution >= 0.6 is 13.5 Å². The number of likely N-dealkylation sites (tertiary alicyclic amines) is 1. The summed E-state index contributed by atoms with van der Waals surface area (Å²) in [6, 6.07) is 16.7. The molecule has 3 aliphatic rings. The predicted molar refractivity (Wildman–Crippen MR) is 123 cm³/mol. The minimum atomic E-state index is -0.859.